The summed E-state index contributed by atoms with van der Waals surface area (Å²) in [4.78, 5) is 24.3. The Hall–Kier alpha value is -3.61. The van der Waals surface area contributed by atoms with E-state index < -0.39 is 6.17 Å². The Balaban J connectivity index is 1.87. The van der Waals surface area contributed by atoms with Crippen molar-refractivity contribution in [2.24, 2.45) is 10.7 Å². The molecule has 0 radical (unpaired) electrons. The molecule has 122 valence electrons. The first-order valence-electron chi connectivity index (χ1n) is 7.90. The molecule has 0 spiro atoms. The molecule has 7 heteroatoms. The highest BCUT2D eigenvalue weighted by Crippen LogP contribution is 2.33. The summed E-state index contributed by atoms with van der Waals surface area (Å²) < 4.78 is 1.91. The molecule has 1 atom stereocenters. The molecule has 0 saturated carbocycles. The van der Waals surface area contributed by atoms with E-state index in [9.17, 15) is 4.79 Å². The molecule has 4 aromatic rings. The van der Waals surface area contributed by atoms with Gasteiger partial charge in [-0.3, -0.25) is 14.7 Å². The lowest BCUT2D eigenvalue weighted by Gasteiger charge is -2.26. The van der Waals surface area contributed by atoms with Crippen LogP contribution in [0.3, 0.4) is 0 Å². The van der Waals surface area contributed by atoms with Gasteiger partial charge in [0.05, 0.1) is 10.9 Å². The van der Waals surface area contributed by atoms with E-state index >= 15 is 0 Å². The van der Waals surface area contributed by atoms with Gasteiger partial charge in [0.15, 0.2) is 12.1 Å². The molecule has 2 aromatic heterocycles. The average molecular weight is 330 g/mol. The standard InChI is InChI=1S/C18H14N6O/c19-17-21-15(12-9-20-13-7-3-1-5-10(12)13)24-14-8-4-2-6-11(14)16(25)22-18(24)23-17/h1-9,15,20H,(H3,19,21,22,23,25). The number of nitrogens with two attached hydrogens (primary N) is 1. The third-order valence-electron chi connectivity index (χ3n) is 4.47. The first kappa shape index (κ1) is 13.8. The second kappa shape index (κ2) is 4.94. The zero-order valence-corrected chi connectivity index (χ0v) is 13.1. The van der Waals surface area contributed by atoms with Crippen molar-refractivity contribution < 1.29 is 0 Å². The molecule has 1 aliphatic heterocycles. The Labute approximate surface area is 141 Å². The zero-order valence-electron chi connectivity index (χ0n) is 13.1. The number of hydrogen-bond donors (Lipinski definition) is 3. The molecule has 5 rings (SSSR count). The highest BCUT2D eigenvalue weighted by atomic mass is 16.1. The monoisotopic (exact) mass is 330 g/mol. The van der Waals surface area contributed by atoms with Gasteiger partial charge in [-0.2, -0.15) is 4.98 Å². The third-order valence-corrected chi connectivity index (χ3v) is 4.47. The highest BCUT2D eigenvalue weighted by Gasteiger charge is 2.26. The van der Waals surface area contributed by atoms with Crippen LogP contribution in [0.2, 0.25) is 0 Å². The number of rotatable bonds is 1. The van der Waals surface area contributed by atoms with E-state index in [4.69, 9.17) is 5.73 Å². The minimum Gasteiger partial charge on any atom is -0.370 e. The summed E-state index contributed by atoms with van der Waals surface area (Å²) in [6.45, 7) is 0. The molecule has 4 N–H and O–H groups in total. The Morgan fingerprint density at radius 1 is 1.04 bits per heavy atom. The normalized spacial score (nSPS) is 16.5. The molecule has 1 aliphatic rings. The Morgan fingerprint density at radius 2 is 1.80 bits per heavy atom. The molecule has 0 saturated heterocycles. The smallest absolute Gasteiger partial charge is 0.282 e. The van der Waals surface area contributed by atoms with Gasteiger partial charge in [0.25, 0.3) is 5.56 Å². The maximum atomic E-state index is 12.3. The van der Waals surface area contributed by atoms with Gasteiger partial charge in [-0.25, -0.2) is 4.99 Å². The van der Waals surface area contributed by atoms with E-state index in [1.807, 2.05) is 53.2 Å². The lowest BCUT2D eigenvalue weighted by atomic mass is 10.1. The fraction of sp³-hybridized carbons (Fsp3) is 0.0556. The highest BCUT2D eigenvalue weighted by molar-refractivity contribution is 5.94. The van der Waals surface area contributed by atoms with Crippen molar-refractivity contribution >= 4 is 33.7 Å². The zero-order chi connectivity index (χ0) is 17.0. The minimum atomic E-state index is -0.412. The van der Waals surface area contributed by atoms with Crippen LogP contribution in [0.25, 0.3) is 21.8 Å². The SMILES string of the molecule is NC1=NC(c2c[nH]c3ccccc23)n2c(nc(=O)c3ccccc32)N1. The number of guanidine groups is 1. The fourth-order valence-corrected chi connectivity index (χ4v) is 3.38. The van der Waals surface area contributed by atoms with E-state index in [-0.39, 0.29) is 11.5 Å². The van der Waals surface area contributed by atoms with Crippen LogP contribution in [0.4, 0.5) is 5.95 Å². The summed E-state index contributed by atoms with van der Waals surface area (Å²) >= 11 is 0. The molecule has 7 nitrogen and oxygen atoms in total. The van der Waals surface area contributed by atoms with Crippen molar-refractivity contribution in [1.29, 1.82) is 0 Å². The largest absolute Gasteiger partial charge is 0.370 e. The predicted octanol–water partition coefficient (Wildman–Crippen LogP) is 2.16. The van der Waals surface area contributed by atoms with Crippen LogP contribution < -0.4 is 16.6 Å². The van der Waals surface area contributed by atoms with Gasteiger partial charge in [0, 0.05) is 22.7 Å². The first-order valence-corrected chi connectivity index (χ1v) is 7.90. The van der Waals surface area contributed by atoms with Gasteiger partial charge < -0.3 is 10.7 Å². The van der Waals surface area contributed by atoms with E-state index in [1.54, 1.807) is 6.07 Å². The number of hydrogen-bond acceptors (Lipinski definition) is 5. The van der Waals surface area contributed by atoms with Crippen molar-refractivity contribution in [2.45, 2.75) is 6.17 Å². The predicted molar refractivity (Wildman–Crippen MR) is 97.7 cm³/mol. The maximum Gasteiger partial charge on any atom is 0.282 e. The quantitative estimate of drug-likeness (QED) is 0.498. The lowest BCUT2D eigenvalue weighted by molar-refractivity contribution is 0.620. The van der Waals surface area contributed by atoms with Gasteiger partial charge in [-0.15, -0.1) is 0 Å². The van der Waals surface area contributed by atoms with Crippen LogP contribution in [0.15, 0.2) is 64.5 Å². The minimum absolute atomic E-state index is 0.234. The number of benzene rings is 2. The van der Waals surface area contributed by atoms with E-state index in [1.165, 1.54) is 0 Å². The number of H-pyrrole nitrogens is 1. The van der Waals surface area contributed by atoms with Crippen LogP contribution in [0.1, 0.15) is 11.7 Å². The van der Waals surface area contributed by atoms with Crippen molar-refractivity contribution in [3.63, 3.8) is 0 Å². The summed E-state index contributed by atoms with van der Waals surface area (Å²) in [7, 11) is 0. The van der Waals surface area contributed by atoms with Crippen molar-refractivity contribution in [2.75, 3.05) is 5.32 Å². The van der Waals surface area contributed by atoms with E-state index in [2.05, 4.69) is 20.3 Å². The van der Waals surface area contributed by atoms with Crippen molar-refractivity contribution in [3.8, 4) is 0 Å². The van der Waals surface area contributed by atoms with Gasteiger partial charge in [0.2, 0.25) is 5.95 Å². The number of nitrogens with zero attached hydrogens (tertiary/aromatic N) is 3. The summed E-state index contributed by atoms with van der Waals surface area (Å²) in [6.07, 6.45) is 1.51. The molecular formula is C18H14N6O. The second-order valence-electron chi connectivity index (χ2n) is 5.93. The van der Waals surface area contributed by atoms with Gasteiger partial charge >= 0.3 is 0 Å². The lowest BCUT2D eigenvalue weighted by Crippen LogP contribution is -2.34. The Kier molecular flexibility index (Phi) is 2.73. The van der Waals surface area contributed by atoms with Gasteiger partial charge in [-0.1, -0.05) is 30.3 Å². The summed E-state index contributed by atoms with van der Waals surface area (Å²) in [5.41, 5.74) is 8.42. The molecule has 2 aromatic carbocycles. The van der Waals surface area contributed by atoms with E-state index in [0.29, 0.717) is 11.3 Å². The number of aromatic amines is 1. The number of aromatic nitrogens is 3. The van der Waals surface area contributed by atoms with E-state index in [0.717, 1.165) is 22.0 Å². The number of para-hydroxylation sites is 2. The molecule has 0 aliphatic carbocycles. The molecule has 0 amide bonds. The number of anilines is 1. The topological polar surface area (TPSA) is 101 Å². The Morgan fingerprint density at radius 3 is 2.68 bits per heavy atom. The molecule has 25 heavy (non-hydrogen) atoms. The van der Waals surface area contributed by atoms with Gasteiger partial charge in [-0.05, 0) is 18.2 Å². The van der Waals surface area contributed by atoms with Crippen LogP contribution in [0, 0.1) is 0 Å². The summed E-state index contributed by atoms with van der Waals surface area (Å²) in [5.74, 6) is 0.629. The van der Waals surface area contributed by atoms with Crippen LogP contribution in [0.5, 0.6) is 0 Å². The number of aliphatic imine (C=N–C) groups is 1. The molecule has 0 fully saturated rings. The third kappa shape index (κ3) is 1.96. The summed E-state index contributed by atoms with van der Waals surface area (Å²) in [6, 6.07) is 15.4. The van der Waals surface area contributed by atoms with Crippen molar-refractivity contribution in [3.05, 3.63) is 70.6 Å². The number of nitrogens with one attached hydrogen (secondary N) is 2. The molecule has 1 unspecified atom stereocenters. The van der Waals surface area contributed by atoms with Crippen LogP contribution in [-0.4, -0.2) is 20.5 Å². The molecule has 0 bridgehead atoms. The fourth-order valence-electron chi connectivity index (χ4n) is 3.38. The maximum absolute atomic E-state index is 12.3. The van der Waals surface area contributed by atoms with Gasteiger partial charge in [0.1, 0.15) is 0 Å². The van der Waals surface area contributed by atoms with Crippen LogP contribution in [-0.2, 0) is 0 Å². The Bertz CT molecular complexity index is 1220. The number of fused-ring (bicyclic) bond motifs is 4. The molecular weight excluding hydrogens is 316 g/mol. The molecule has 3 heterocycles. The van der Waals surface area contributed by atoms with Crippen LogP contribution >= 0.6 is 0 Å². The summed E-state index contributed by atoms with van der Waals surface area (Å²) in [5, 5.41) is 4.51. The van der Waals surface area contributed by atoms with Crippen molar-refractivity contribution in [1.82, 2.24) is 14.5 Å². The average Bonchev–Trinajstić information content (AvgIpc) is 3.05. The first-order chi connectivity index (χ1) is 12.2. The second-order valence-corrected chi connectivity index (χ2v) is 5.93.